The van der Waals surface area contributed by atoms with Crippen molar-refractivity contribution in [2.45, 2.75) is 19.3 Å². The van der Waals surface area contributed by atoms with Gasteiger partial charge in [-0.1, -0.05) is 141 Å². The number of fused-ring (bicyclic) bond motifs is 7. The molecule has 0 amide bonds. The van der Waals surface area contributed by atoms with E-state index in [2.05, 4.69) is 195 Å². The molecule has 9 aromatic rings. The van der Waals surface area contributed by atoms with Crippen molar-refractivity contribution in [2.75, 3.05) is 4.90 Å². The third kappa shape index (κ3) is 4.64. The smallest absolute Gasteiger partial charge is 0.145 e. The third-order valence-corrected chi connectivity index (χ3v) is 10.8. The molecule has 0 fully saturated rings. The van der Waals surface area contributed by atoms with Gasteiger partial charge in [-0.25, -0.2) is 0 Å². The largest absolute Gasteiger partial charge is 0.455 e. The molecule has 0 radical (unpaired) electrons. The lowest BCUT2D eigenvalue weighted by Gasteiger charge is -2.30. The van der Waals surface area contributed by atoms with Crippen molar-refractivity contribution in [2.24, 2.45) is 0 Å². The number of furan rings is 1. The van der Waals surface area contributed by atoms with Crippen LogP contribution in [0.3, 0.4) is 0 Å². The van der Waals surface area contributed by atoms with Gasteiger partial charge >= 0.3 is 0 Å². The molecule has 242 valence electrons. The van der Waals surface area contributed by atoms with Crippen molar-refractivity contribution >= 4 is 49.8 Å². The summed E-state index contributed by atoms with van der Waals surface area (Å²) < 4.78 is 6.91. The molecule has 0 bridgehead atoms. The summed E-state index contributed by atoms with van der Waals surface area (Å²) in [5.74, 6) is 0. The summed E-state index contributed by atoms with van der Waals surface area (Å²) in [6, 6.07) is 63.6. The molecule has 0 spiro atoms. The maximum atomic E-state index is 6.91. The number of benzene rings is 8. The van der Waals surface area contributed by atoms with Crippen LogP contribution in [0.1, 0.15) is 25.0 Å². The van der Waals surface area contributed by atoms with E-state index in [0.717, 1.165) is 50.1 Å². The molecular formula is C49H35NO. The van der Waals surface area contributed by atoms with Crippen LogP contribution in [-0.2, 0) is 5.41 Å². The summed E-state index contributed by atoms with van der Waals surface area (Å²) in [5, 5.41) is 4.62. The highest BCUT2D eigenvalue weighted by Gasteiger charge is 2.36. The first kappa shape index (κ1) is 29.5. The molecule has 0 aliphatic heterocycles. The van der Waals surface area contributed by atoms with Crippen LogP contribution in [0.25, 0.3) is 66.1 Å². The minimum absolute atomic E-state index is 0.127. The second-order valence-electron chi connectivity index (χ2n) is 14.1. The zero-order valence-corrected chi connectivity index (χ0v) is 28.6. The van der Waals surface area contributed by atoms with Crippen LogP contribution in [0.4, 0.5) is 17.1 Å². The minimum Gasteiger partial charge on any atom is -0.455 e. The van der Waals surface area contributed by atoms with Crippen LogP contribution >= 0.6 is 0 Å². The van der Waals surface area contributed by atoms with Gasteiger partial charge in [0.2, 0.25) is 0 Å². The molecule has 0 saturated carbocycles. The molecule has 10 rings (SSSR count). The summed E-state index contributed by atoms with van der Waals surface area (Å²) in [4.78, 5) is 2.42. The van der Waals surface area contributed by atoms with Crippen molar-refractivity contribution in [1.29, 1.82) is 0 Å². The Hall–Kier alpha value is -6.38. The number of hydrogen-bond donors (Lipinski definition) is 0. The van der Waals surface area contributed by atoms with Crippen molar-refractivity contribution in [1.82, 2.24) is 0 Å². The highest BCUT2D eigenvalue weighted by Crippen LogP contribution is 2.52. The molecule has 0 unspecified atom stereocenters. The standard InChI is InChI=1S/C49H35NO/c1-49(2)43-20-12-11-19-39(43)40-26-25-38(31-44(40)49)50(37-23-21-33(22-24-37)32-13-5-3-6-14-32)45-28-27-41-42-29-35-17-9-10-18-36(35)30-46(42)51-48(41)47(45)34-15-7-4-8-16-34/h3-31H,1-2H3. The highest BCUT2D eigenvalue weighted by molar-refractivity contribution is 6.16. The average Bonchev–Trinajstić information content (AvgIpc) is 3.65. The van der Waals surface area contributed by atoms with Crippen molar-refractivity contribution in [3.8, 4) is 33.4 Å². The molecule has 2 heteroatoms. The van der Waals surface area contributed by atoms with Crippen molar-refractivity contribution in [3.05, 3.63) is 187 Å². The highest BCUT2D eigenvalue weighted by atomic mass is 16.3. The molecule has 0 atom stereocenters. The van der Waals surface area contributed by atoms with Gasteiger partial charge in [-0.2, -0.15) is 0 Å². The Morgan fingerprint density at radius 3 is 1.82 bits per heavy atom. The van der Waals surface area contributed by atoms with Crippen LogP contribution < -0.4 is 4.90 Å². The number of hydrogen-bond acceptors (Lipinski definition) is 2. The maximum Gasteiger partial charge on any atom is 0.145 e. The first-order chi connectivity index (χ1) is 25.0. The van der Waals surface area contributed by atoms with Gasteiger partial charge in [0.25, 0.3) is 0 Å². The zero-order valence-electron chi connectivity index (χ0n) is 28.6. The zero-order chi connectivity index (χ0) is 34.1. The lowest BCUT2D eigenvalue weighted by molar-refractivity contribution is 0.660. The predicted molar refractivity (Wildman–Crippen MR) is 214 cm³/mol. The molecule has 1 heterocycles. The monoisotopic (exact) mass is 653 g/mol. The van der Waals surface area contributed by atoms with E-state index in [0.29, 0.717) is 0 Å². The Morgan fingerprint density at radius 1 is 0.451 bits per heavy atom. The second kappa shape index (κ2) is 11.3. The van der Waals surface area contributed by atoms with Crippen molar-refractivity contribution < 1.29 is 4.42 Å². The fourth-order valence-corrected chi connectivity index (χ4v) is 8.28. The van der Waals surface area contributed by atoms with E-state index in [1.54, 1.807) is 0 Å². The molecule has 1 aromatic heterocycles. The Balaban J connectivity index is 1.24. The minimum atomic E-state index is -0.127. The van der Waals surface area contributed by atoms with E-state index in [4.69, 9.17) is 4.42 Å². The normalized spacial score (nSPS) is 13.1. The fraction of sp³-hybridized carbons (Fsp3) is 0.0612. The van der Waals surface area contributed by atoms with Crippen LogP contribution in [-0.4, -0.2) is 0 Å². The first-order valence-corrected chi connectivity index (χ1v) is 17.7. The van der Waals surface area contributed by atoms with Gasteiger partial charge in [-0.3, -0.25) is 0 Å². The van der Waals surface area contributed by atoms with Gasteiger partial charge in [0.15, 0.2) is 0 Å². The van der Waals surface area contributed by atoms with Crippen LogP contribution in [0.2, 0.25) is 0 Å². The third-order valence-electron chi connectivity index (χ3n) is 10.8. The van der Waals surface area contributed by atoms with E-state index in [9.17, 15) is 0 Å². The van der Waals surface area contributed by atoms with Gasteiger partial charge in [-0.15, -0.1) is 0 Å². The Bertz CT molecular complexity index is 2760. The molecule has 8 aromatic carbocycles. The molecule has 51 heavy (non-hydrogen) atoms. The Labute approximate surface area is 297 Å². The molecule has 0 N–H and O–H groups in total. The maximum absolute atomic E-state index is 6.91. The predicted octanol–water partition coefficient (Wildman–Crippen LogP) is 13.8. The first-order valence-electron chi connectivity index (χ1n) is 17.7. The molecule has 2 nitrogen and oxygen atoms in total. The van der Waals surface area contributed by atoms with E-state index in [1.165, 1.54) is 44.2 Å². The van der Waals surface area contributed by atoms with E-state index < -0.39 is 0 Å². The van der Waals surface area contributed by atoms with Crippen molar-refractivity contribution in [3.63, 3.8) is 0 Å². The van der Waals surface area contributed by atoms with Crippen LogP contribution in [0.15, 0.2) is 180 Å². The number of anilines is 3. The van der Waals surface area contributed by atoms with E-state index >= 15 is 0 Å². The molecular weight excluding hydrogens is 619 g/mol. The van der Waals surface area contributed by atoms with Crippen LogP contribution in [0, 0.1) is 0 Å². The molecule has 1 aliphatic rings. The molecule has 0 saturated heterocycles. The van der Waals surface area contributed by atoms with Gasteiger partial charge in [0, 0.05) is 33.1 Å². The summed E-state index contributed by atoms with van der Waals surface area (Å²) in [6.45, 7) is 4.69. The average molecular weight is 654 g/mol. The van der Waals surface area contributed by atoms with Gasteiger partial charge in [0.05, 0.1) is 5.69 Å². The number of rotatable bonds is 5. The van der Waals surface area contributed by atoms with Crippen LogP contribution in [0.5, 0.6) is 0 Å². The lowest BCUT2D eigenvalue weighted by atomic mass is 9.82. The van der Waals surface area contributed by atoms with E-state index in [-0.39, 0.29) is 5.41 Å². The van der Waals surface area contributed by atoms with Gasteiger partial charge in [-0.05, 0) is 98.2 Å². The summed E-state index contributed by atoms with van der Waals surface area (Å²) in [5.41, 5.74) is 14.8. The van der Waals surface area contributed by atoms with Gasteiger partial charge in [0.1, 0.15) is 11.2 Å². The topological polar surface area (TPSA) is 16.4 Å². The summed E-state index contributed by atoms with van der Waals surface area (Å²) in [7, 11) is 0. The summed E-state index contributed by atoms with van der Waals surface area (Å²) in [6.07, 6.45) is 0. The van der Waals surface area contributed by atoms with E-state index in [1.807, 2.05) is 0 Å². The fourth-order valence-electron chi connectivity index (χ4n) is 8.28. The molecule has 1 aliphatic carbocycles. The Kier molecular flexibility index (Phi) is 6.56. The lowest BCUT2D eigenvalue weighted by Crippen LogP contribution is -2.17. The quantitative estimate of drug-likeness (QED) is 0.184. The SMILES string of the molecule is CC1(C)c2ccccc2-c2ccc(N(c3ccc(-c4ccccc4)cc3)c3ccc4c(oc5cc6ccccc6cc54)c3-c3ccccc3)cc21. The summed E-state index contributed by atoms with van der Waals surface area (Å²) >= 11 is 0. The van der Waals surface area contributed by atoms with Gasteiger partial charge < -0.3 is 9.32 Å². The number of nitrogens with zero attached hydrogens (tertiary/aromatic N) is 1. The second-order valence-corrected chi connectivity index (χ2v) is 14.1. The Morgan fingerprint density at radius 2 is 1.06 bits per heavy atom.